The molecular weight excluding hydrogens is 407 g/mol. The molecule has 1 aromatic heterocycles. The number of aromatic nitrogens is 1. The van der Waals surface area contributed by atoms with Crippen LogP contribution in [-0.2, 0) is 0 Å². The highest BCUT2D eigenvalue weighted by Gasteiger charge is 2.32. The lowest BCUT2D eigenvalue weighted by Crippen LogP contribution is -2.19. The summed E-state index contributed by atoms with van der Waals surface area (Å²) in [6, 6.07) is 8.04. The topological polar surface area (TPSA) is 82.5 Å². The molecule has 6 heteroatoms. The average molecular weight is 435 g/mol. The Kier molecular flexibility index (Phi) is 5.45. The molecule has 2 aliphatic rings. The molecule has 2 aromatic carbocycles. The van der Waals surface area contributed by atoms with Crippen LogP contribution < -0.4 is 5.32 Å². The van der Waals surface area contributed by atoms with E-state index >= 15 is 0 Å². The lowest BCUT2D eigenvalue weighted by molar-refractivity contribution is 0.0968. The van der Waals surface area contributed by atoms with Crippen molar-refractivity contribution in [2.24, 2.45) is 11.8 Å². The van der Waals surface area contributed by atoms with Gasteiger partial charge >= 0.3 is 0 Å². The van der Waals surface area contributed by atoms with E-state index in [1.165, 1.54) is 44.2 Å². The number of anilines is 1. The zero-order valence-corrected chi connectivity index (χ0v) is 17.9. The van der Waals surface area contributed by atoms with E-state index in [9.17, 15) is 19.4 Å². The van der Waals surface area contributed by atoms with Gasteiger partial charge < -0.3 is 15.5 Å². The van der Waals surface area contributed by atoms with Crippen LogP contribution in [0.15, 0.2) is 36.5 Å². The van der Waals surface area contributed by atoms with Gasteiger partial charge in [-0.1, -0.05) is 25.3 Å². The maximum Gasteiger partial charge on any atom is 0.194 e. The molecular formula is C26H27FN2O3. The summed E-state index contributed by atoms with van der Waals surface area (Å²) < 4.78 is 14.0. The fraction of sp³-hybridized carbons (Fsp3) is 0.385. The van der Waals surface area contributed by atoms with E-state index in [4.69, 9.17) is 0 Å². The number of phenolic OH excluding ortho intramolecular Hbond substituents is 2. The molecule has 0 bridgehead atoms. The SMILES string of the molecule is O=C(c1cnc2ccc(-c3cc(O)c(O)c(F)c3)cc2c1NCC1CCCCC1)C1CC1. The summed E-state index contributed by atoms with van der Waals surface area (Å²) in [5, 5.41) is 23.8. The monoisotopic (exact) mass is 434 g/mol. The first kappa shape index (κ1) is 20.7. The Bertz CT molecular complexity index is 1160. The largest absolute Gasteiger partial charge is 0.504 e. The highest BCUT2D eigenvalue weighted by atomic mass is 19.1. The van der Waals surface area contributed by atoms with Crippen molar-refractivity contribution in [2.45, 2.75) is 44.9 Å². The smallest absolute Gasteiger partial charge is 0.194 e. The number of nitrogens with one attached hydrogen (secondary N) is 1. The number of benzene rings is 2. The third kappa shape index (κ3) is 4.01. The van der Waals surface area contributed by atoms with Crippen molar-refractivity contribution < 1.29 is 19.4 Å². The van der Waals surface area contributed by atoms with E-state index in [1.54, 1.807) is 12.3 Å². The first-order chi connectivity index (χ1) is 15.5. The number of nitrogens with zero attached hydrogens (tertiary/aromatic N) is 1. The van der Waals surface area contributed by atoms with Crippen molar-refractivity contribution in [3.8, 4) is 22.6 Å². The molecule has 3 N–H and O–H groups in total. The zero-order chi connectivity index (χ0) is 22.2. The Labute approximate surface area is 186 Å². The van der Waals surface area contributed by atoms with Gasteiger partial charge in [-0.3, -0.25) is 9.78 Å². The van der Waals surface area contributed by atoms with E-state index in [1.807, 2.05) is 12.1 Å². The number of Topliss-reactive ketones (excluding diaryl/α,β-unsaturated/α-hetero) is 1. The number of ketones is 1. The summed E-state index contributed by atoms with van der Waals surface area (Å²) in [4.78, 5) is 17.5. The van der Waals surface area contributed by atoms with E-state index < -0.39 is 17.3 Å². The predicted octanol–water partition coefficient (Wildman–Crippen LogP) is 6.04. The Morgan fingerprint density at radius 1 is 1.03 bits per heavy atom. The van der Waals surface area contributed by atoms with Crippen LogP contribution in [0.4, 0.5) is 10.1 Å². The Hall–Kier alpha value is -3.15. The van der Waals surface area contributed by atoms with Crippen molar-refractivity contribution in [1.29, 1.82) is 0 Å². The first-order valence-corrected chi connectivity index (χ1v) is 11.4. The van der Waals surface area contributed by atoms with E-state index in [-0.39, 0.29) is 11.7 Å². The standard InChI is InChI=1S/C26H27FN2O3/c27-21-11-18(12-23(30)26(21)32)17-8-9-22-19(10-17)24(29-13-15-4-2-1-3-5-15)20(14-28-22)25(31)16-6-7-16/h8-12,14-16,30,32H,1-7,13H2,(H,28,29). The molecule has 5 nitrogen and oxygen atoms in total. The molecule has 0 atom stereocenters. The van der Waals surface area contributed by atoms with Crippen LogP contribution in [-0.4, -0.2) is 27.5 Å². The second-order valence-electron chi connectivity index (χ2n) is 9.13. The van der Waals surface area contributed by atoms with Gasteiger partial charge in [0.05, 0.1) is 16.8 Å². The maximum atomic E-state index is 14.0. The van der Waals surface area contributed by atoms with Crippen LogP contribution >= 0.6 is 0 Å². The van der Waals surface area contributed by atoms with Gasteiger partial charge in [0.25, 0.3) is 0 Å². The number of rotatable bonds is 6. The number of carbonyl (C=O) groups excluding carboxylic acids is 1. The van der Waals surface area contributed by atoms with Crippen LogP contribution in [0.3, 0.4) is 0 Å². The van der Waals surface area contributed by atoms with Crippen molar-refractivity contribution in [3.05, 3.63) is 47.9 Å². The van der Waals surface area contributed by atoms with Gasteiger partial charge in [0.15, 0.2) is 23.1 Å². The third-order valence-corrected chi connectivity index (χ3v) is 6.75. The molecule has 0 radical (unpaired) electrons. The van der Waals surface area contributed by atoms with Crippen molar-refractivity contribution in [1.82, 2.24) is 4.98 Å². The molecule has 2 aliphatic carbocycles. The van der Waals surface area contributed by atoms with Crippen molar-refractivity contribution in [3.63, 3.8) is 0 Å². The first-order valence-electron chi connectivity index (χ1n) is 11.4. The molecule has 0 amide bonds. The summed E-state index contributed by atoms with van der Waals surface area (Å²) in [7, 11) is 0. The van der Waals surface area contributed by atoms with Crippen molar-refractivity contribution >= 4 is 22.4 Å². The second kappa shape index (κ2) is 8.41. The number of pyridine rings is 1. The van der Waals surface area contributed by atoms with Gasteiger partial charge in [0.2, 0.25) is 0 Å². The summed E-state index contributed by atoms with van der Waals surface area (Å²) in [6.45, 7) is 0.808. The predicted molar refractivity (Wildman–Crippen MR) is 123 cm³/mol. The van der Waals surface area contributed by atoms with Crippen LogP contribution in [0.2, 0.25) is 0 Å². The van der Waals surface area contributed by atoms with Gasteiger partial charge in [-0.2, -0.15) is 0 Å². The van der Waals surface area contributed by atoms with Crippen LogP contribution in [0.5, 0.6) is 11.5 Å². The Morgan fingerprint density at radius 2 is 1.81 bits per heavy atom. The van der Waals surface area contributed by atoms with Crippen LogP contribution in [0, 0.1) is 17.7 Å². The number of hydrogen-bond donors (Lipinski definition) is 3. The fourth-order valence-electron chi connectivity index (χ4n) is 4.70. The molecule has 0 aliphatic heterocycles. The highest BCUT2D eigenvalue weighted by molar-refractivity contribution is 6.10. The molecule has 2 saturated carbocycles. The van der Waals surface area contributed by atoms with Gasteiger partial charge in [-0.15, -0.1) is 0 Å². The Morgan fingerprint density at radius 3 is 2.53 bits per heavy atom. The second-order valence-corrected chi connectivity index (χ2v) is 9.13. The van der Waals surface area contributed by atoms with Gasteiger partial charge in [0, 0.05) is 24.0 Å². The Balaban J connectivity index is 1.58. The number of halogens is 1. The molecule has 32 heavy (non-hydrogen) atoms. The number of phenols is 2. The van der Waals surface area contributed by atoms with Gasteiger partial charge in [-0.25, -0.2) is 4.39 Å². The minimum absolute atomic E-state index is 0.0794. The number of carbonyl (C=O) groups is 1. The lowest BCUT2D eigenvalue weighted by Gasteiger charge is -2.23. The summed E-state index contributed by atoms with van der Waals surface area (Å²) in [5.74, 6) is -1.36. The van der Waals surface area contributed by atoms with Crippen molar-refractivity contribution in [2.75, 3.05) is 11.9 Å². The van der Waals surface area contributed by atoms with Crippen LogP contribution in [0.25, 0.3) is 22.0 Å². The highest BCUT2D eigenvalue weighted by Crippen LogP contribution is 2.39. The molecule has 0 spiro atoms. The fourth-order valence-corrected chi connectivity index (χ4v) is 4.70. The normalized spacial score (nSPS) is 16.9. The third-order valence-electron chi connectivity index (χ3n) is 6.75. The lowest BCUT2D eigenvalue weighted by atomic mass is 9.89. The van der Waals surface area contributed by atoms with Gasteiger partial charge in [-0.05, 0) is 67.0 Å². The molecule has 2 fully saturated rings. The minimum Gasteiger partial charge on any atom is -0.504 e. The average Bonchev–Trinajstić information content (AvgIpc) is 3.66. The quantitative estimate of drug-likeness (QED) is 0.326. The minimum atomic E-state index is -0.883. The van der Waals surface area contributed by atoms with E-state index in [0.29, 0.717) is 22.6 Å². The molecule has 5 rings (SSSR count). The summed E-state index contributed by atoms with van der Waals surface area (Å²) >= 11 is 0. The molecule has 1 heterocycles. The van der Waals surface area contributed by atoms with Crippen LogP contribution in [0.1, 0.15) is 55.3 Å². The summed E-state index contributed by atoms with van der Waals surface area (Å²) in [5.41, 5.74) is 3.27. The molecule has 3 aromatic rings. The molecule has 0 unspecified atom stereocenters. The summed E-state index contributed by atoms with van der Waals surface area (Å²) in [6.07, 6.45) is 9.70. The number of hydrogen-bond acceptors (Lipinski definition) is 5. The molecule has 166 valence electrons. The molecule has 0 saturated heterocycles. The maximum absolute atomic E-state index is 14.0. The van der Waals surface area contributed by atoms with E-state index in [0.717, 1.165) is 36.0 Å². The van der Waals surface area contributed by atoms with E-state index in [2.05, 4.69) is 10.3 Å². The number of fused-ring (bicyclic) bond motifs is 1. The van der Waals surface area contributed by atoms with Gasteiger partial charge in [0.1, 0.15) is 0 Å². The zero-order valence-electron chi connectivity index (χ0n) is 17.9. The number of aromatic hydroxyl groups is 2.